The van der Waals surface area contributed by atoms with E-state index in [2.05, 4.69) is 51.0 Å². The lowest BCUT2D eigenvalue weighted by Crippen LogP contribution is -2.21. The molecule has 108 valence electrons. The maximum Gasteiger partial charge on any atom is 0.146 e. The molecule has 0 aliphatic rings. The molecule has 1 aromatic heterocycles. The summed E-state index contributed by atoms with van der Waals surface area (Å²) in [6.07, 6.45) is 1.77. The predicted octanol–water partition coefficient (Wildman–Crippen LogP) is 4.88. The SMILES string of the molecule is CC(C)NCc1coc(COc2ccc(Br)cc2Br)c1. The fourth-order valence-corrected chi connectivity index (χ4v) is 2.82. The predicted molar refractivity (Wildman–Crippen MR) is 86.9 cm³/mol. The summed E-state index contributed by atoms with van der Waals surface area (Å²) in [4.78, 5) is 0. The van der Waals surface area contributed by atoms with E-state index in [1.165, 1.54) is 0 Å². The van der Waals surface area contributed by atoms with E-state index in [0.717, 1.165) is 32.6 Å². The van der Waals surface area contributed by atoms with Crippen LogP contribution in [0.4, 0.5) is 0 Å². The largest absolute Gasteiger partial charge is 0.484 e. The van der Waals surface area contributed by atoms with E-state index in [1.807, 2.05) is 24.3 Å². The van der Waals surface area contributed by atoms with Crippen LogP contribution in [0.1, 0.15) is 25.2 Å². The molecule has 0 saturated heterocycles. The van der Waals surface area contributed by atoms with Crippen LogP contribution in [0.2, 0.25) is 0 Å². The molecule has 2 aromatic rings. The molecule has 20 heavy (non-hydrogen) atoms. The summed E-state index contributed by atoms with van der Waals surface area (Å²) >= 11 is 6.88. The Morgan fingerprint density at radius 2 is 2.05 bits per heavy atom. The van der Waals surface area contributed by atoms with Crippen LogP contribution in [0.25, 0.3) is 0 Å². The topological polar surface area (TPSA) is 34.4 Å². The molecule has 0 atom stereocenters. The summed E-state index contributed by atoms with van der Waals surface area (Å²) in [5.41, 5.74) is 1.13. The highest BCUT2D eigenvalue weighted by molar-refractivity contribution is 9.11. The molecule has 1 aromatic carbocycles. The van der Waals surface area contributed by atoms with Crippen LogP contribution in [0, 0.1) is 0 Å². The number of halogens is 2. The van der Waals surface area contributed by atoms with Crippen molar-refractivity contribution in [2.75, 3.05) is 0 Å². The van der Waals surface area contributed by atoms with Gasteiger partial charge in [-0.1, -0.05) is 29.8 Å². The second-order valence-electron chi connectivity index (χ2n) is 4.82. The summed E-state index contributed by atoms with van der Waals surface area (Å²) in [6.45, 7) is 5.47. The number of ether oxygens (including phenoxy) is 1. The van der Waals surface area contributed by atoms with Crippen LogP contribution < -0.4 is 10.1 Å². The Hall–Kier alpha value is -0.780. The van der Waals surface area contributed by atoms with Crippen molar-refractivity contribution >= 4 is 31.9 Å². The number of nitrogens with one attached hydrogen (secondary N) is 1. The molecule has 0 saturated carbocycles. The third-order valence-corrected chi connectivity index (χ3v) is 3.80. The lowest BCUT2D eigenvalue weighted by atomic mass is 10.3. The van der Waals surface area contributed by atoms with Crippen molar-refractivity contribution in [2.45, 2.75) is 33.0 Å². The van der Waals surface area contributed by atoms with E-state index in [1.54, 1.807) is 6.26 Å². The van der Waals surface area contributed by atoms with Crippen molar-refractivity contribution in [1.82, 2.24) is 5.32 Å². The smallest absolute Gasteiger partial charge is 0.146 e. The lowest BCUT2D eigenvalue weighted by Gasteiger charge is -2.06. The number of furan rings is 1. The zero-order valence-electron chi connectivity index (χ0n) is 11.5. The van der Waals surface area contributed by atoms with Crippen molar-refractivity contribution in [3.05, 3.63) is 50.8 Å². The first kappa shape index (κ1) is 15.6. The molecule has 2 rings (SSSR count). The third-order valence-electron chi connectivity index (χ3n) is 2.69. The molecular weight excluding hydrogens is 386 g/mol. The fourth-order valence-electron chi connectivity index (χ4n) is 1.66. The summed E-state index contributed by atoms with van der Waals surface area (Å²) < 4.78 is 13.2. The van der Waals surface area contributed by atoms with Gasteiger partial charge in [-0.15, -0.1) is 0 Å². The minimum Gasteiger partial charge on any atom is -0.484 e. The van der Waals surface area contributed by atoms with Gasteiger partial charge in [-0.25, -0.2) is 0 Å². The molecule has 0 amide bonds. The molecule has 1 heterocycles. The van der Waals surface area contributed by atoms with Gasteiger partial charge in [-0.2, -0.15) is 0 Å². The van der Waals surface area contributed by atoms with Crippen molar-refractivity contribution in [3.63, 3.8) is 0 Å². The van der Waals surface area contributed by atoms with Crippen molar-refractivity contribution in [3.8, 4) is 5.75 Å². The normalized spacial score (nSPS) is 11.1. The van der Waals surface area contributed by atoms with Gasteiger partial charge >= 0.3 is 0 Å². The van der Waals surface area contributed by atoms with Crippen LogP contribution in [-0.2, 0) is 13.2 Å². The van der Waals surface area contributed by atoms with Gasteiger partial charge in [0.2, 0.25) is 0 Å². The highest BCUT2D eigenvalue weighted by atomic mass is 79.9. The van der Waals surface area contributed by atoms with Crippen LogP contribution in [0.3, 0.4) is 0 Å². The lowest BCUT2D eigenvalue weighted by molar-refractivity contribution is 0.268. The Balaban J connectivity index is 1.90. The number of hydrogen-bond donors (Lipinski definition) is 1. The molecule has 0 spiro atoms. The number of benzene rings is 1. The van der Waals surface area contributed by atoms with Gasteiger partial charge in [-0.3, -0.25) is 0 Å². The van der Waals surface area contributed by atoms with Crippen LogP contribution in [0.15, 0.2) is 43.9 Å². The highest BCUT2D eigenvalue weighted by Crippen LogP contribution is 2.28. The van der Waals surface area contributed by atoms with Crippen LogP contribution in [-0.4, -0.2) is 6.04 Å². The van der Waals surface area contributed by atoms with Crippen LogP contribution >= 0.6 is 31.9 Å². The first-order valence-corrected chi connectivity index (χ1v) is 8.00. The molecule has 0 fully saturated rings. The van der Waals surface area contributed by atoms with E-state index >= 15 is 0 Å². The number of rotatable bonds is 6. The maximum absolute atomic E-state index is 5.73. The minimum absolute atomic E-state index is 0.419. The van der Waals surface area contributed by atoms with E-state index in [-0.39, 0.29) is 0 Å². The molecule has 3 nitrogen and oxygen atoms in total. The molecule has 0 radical (unpaired) electrons. The van der Waals surface area contributed by atoms with E-state index in [9.17, 15) is 0 Å². The third kappa shape index (κ3) is 4.65. The molecule has 5 heteroatoms. The van der Waals surface area contributed by atoms with Crippen LogP contribution in [0.5, 0.6) is 5.75 Å². The summed E-state index contributed by atoms with van der Waals surface area (Å²) in [7, 11) is 0. The maximum atomic E-state index is 5.73. The molecule has 1 N–H and O–H groups in total. The zero-order chi connectivity index (χ0) is 14.5. The van der Waals surface area contributed by atoms with Gasteiger partial charge in [0.05, 0.1) is 10.7 Å². The van der Waals surface area contributed by atoms with Crippen molar-refractivity contribution in [1.29, 1.82) is 0 Å². The standard InChI is InChI=1S/C15H17Br2NO2/c1-10(2)18-7-11-5-13(19-8-11)9-20-15-4-3-12(16)6-14(15)17/h3-6,8,10,18H,7,9H2,1-2H3. The molecule has 0 unspecified atom stereocenters. The quantitative estimate of drug-likeness (QED) is 0.747. The second-order valence-corrected chi connectivity index (χ2v) is 6.59. The summed E-state index contributed by atoms with van der Waals surface area (Å²) in [5, 5.41) is 3.35. The van der Waals surface area contributed by atoms with E-state index < -0.39 is 0 Å². The minimum atomic E-state index is 0.419. The zero-order valence-corrected chi connectivity index (χ0v) is 14.6. The first-order valence-electron chi connectivity index (χ1n) is 6.42. The summed E-state index contributed by atoms with van der Waals surface area (Å²) in [5.74, 6) is 1.62. The number of hydrogen-bond acceptors (Lipinski definition) is 3. The van der Waals surface area contributed by atoms with Gasteiger partial charge in [0.15, 0.2) is 0 Å². The van der Waals surface area contributed by atoms with Crippen molar-refractivity contribution < 1.29 is 9.15 Å². The van der Waals surface area contributed by atoms with Gasteiger partial charge in [0.25, 0.3) is 0 Å². The van der Waals surface area contributed by atoms with E-state index in [0.29, 0.717) is 12.6 Å². The van der Waals surface area contributed by atoms with E-state index in [4.69, 9.17) is 9.15 Å². The van der Waals surface area contributed by atoms with Gasteiger partial charge in [0.1, 0.15) is 18.1 Å². The second kappa shape index (κ2) is 7.29. The molecule has 0 aliphatic heterocycles. The average molecular weight is 403 g/mol. The highest BCUT2D eigenvalue weighted by Gasteiger charge is 2.06. The van der Waals surface area contributed by atoms with Crippen molar-refractivity contribution in [2.24, 2.45) is 0 Å². The van der Waals surface area contributed by atoms with Gasteiger partial charge < -0.3 is 14.5 Å². The Morgan fingerprint density at radius 3 is 2.75 bits per heavy atom. The molecule has 0 aliphatic carbocycles. The van der Waals surface area contributed by atoms with Gasteiger partial charge in [-0.05, 0) is 40.2 Å². The average Bonchev–Trinajstić information content (AvgIpc) is 2.83. The monoisotopic (exact) mass is 401 g/mol. The Morgan fingerprint density at radius 1 is 1.25 bits per heavy atom. The Labute approximate surface area is 136 Å². The Kier molecular flexibility index (Phi) is 5.69. The fraction of sp³-hybridized carbons (Fsp3) is 0.333. The van der Waals surface area contributed by atoms with Gasteiger partial charge in [0, 0.05) is 22.6 Å². The summed E-state index contributed by atoms with van der Waals surface area (Å²) in [6, 6.07) is 8.29. The molecular formula is C15H17Br2NO2. The first-order chi connectivity index (χ1) is 9.54. The Bertz CT molecular complexity index is 567. The molecule has 0 bridgehead atoms.